The second kappa shape index (κ2) is 5.85. The number of phenolic OH excluding ortho intramolecular Hbond substituents is 1. The van der Waals surface area contributed by atoms with Crippen molar-refractivity contribution in [2.45, 2.75) is 19.5 Å². The van der Waals surface area contributed by atoms with Crippen LogP contribution in [0.3, 0.4) is 0 Å². The van der Waals surface area contributed by atoms with Crippen LogP contribution < -0.4 is 5.32 Å². The second-order valence-corrected chi connectivity index (χ2v) is 4.51. The molecule has 1 unspecified atom stereocenters. The number of phenols is 1. The topological polar surface area (TPSA) is 45.1 Å². The van der Waals surface area contributed by atoms with Crippen molar-refractivity contribution in [2.24, 2.45) is 0 Å². The monoisotopic (exact) mass is 262 g/mol. The van der Waals surface area contributed by atoms with Gasteiger partial charge in [0.2, 0.25) is 0 Å². The van der Waals surface area contributed by atoms with Crippen LogP contribution in [0, 0.1) is 0 Å². The molecule has 94 valence electrons. The molecule has 4 heteroatoms. The van der Waals surface area contributed by atoms with Gasteiger partial charge in [0.15, 0.2) is 0 Å². The summed E-state index contributed by atoms with van der Waals surface area (Å²) in [5.74, 6) is 0.139. The van der Waals surface area contributed by atoms with Crippen LogP contribution in [0.25, 0.3) is 0 Å². The molecule has 0 radical (unpaired) electrons. The summed E-state index contributed by atoms with van der Waals surface area (Å²) < 4.78 is 0. The van der Waals surface area contributed by atoms with Gasteiger partial charge >= 0.3 is 0 Å². The van der Waals surface area contributed by atoms with Crippen molar-refractivity contribution in [1.29, 1.82) is 0 Å². The first-order valence-electron chi connectivity index (χ1n) is 5.79. The van der Waals surface area contributed by atoms with Gasteiger partial charge in [-0.05, 0) is 25.1 Å². The average Bonchev–Trinajstić information content (AvgIpc) is 2.41. The summed E-state index contributed by atoms with van der Waals surface area (Å²) in [7, 11) is 0. The Morgan fingerprint density at radius 3 is 2.83 bits per heavy atom. The van der Waals surface area contributed by atoms with E-state index in [-0.39, 0.29) is 11.8 Å². The SMILES string of the molecule is CC(NCc1cccc(Cl)c1O)c1ccccn1. The maximum absolute atomic E-state index is 9.79. The van der Waals surface area contributed by atoms with E-state index in [4.69, 9.17) is 11.6 Å². The number of nitrogens with zero attached hydrogens (tertiary/aromatic N) is 1. The highest BCUT2D eigenvalue weighted by Gasteiger charge is 2.08. The van der Waals surface area contributed by atoms with Crippen molar-refractivity contribution < 1.29 is 5.11 Å². The van der Waals surface area contributed by atoms with Gasteiger partial charge in [-0.15, -0.1) is 0 Å². The number of nitrogens with one attached hydrogen (secondary N) is 1. The zero-order valence-electron chi connectivity index (χ0n) is 10.1. The summed E-state index contributed by atoms with van der Waals surface area (Å²) in [6.45, 7) is 2.58. The van der Waals surface area contributed by atoms with Crippen LogP contribution in [0.15, 0.2) is 42.6 Å². The Hall–Kier alpha value is -1.58. The van der Waals surface area contributed by atoms with Crippen molar-refractivity contribution in [3.63, 3.8) is 0 Å². The van der Waals surface area contributed by atoms with Crippen molar-refractivity contribution in [2.75, 3.05) is 0 Å². The second-order valence-electron chi connectivity index (χ2n) is 4.10. The minimum absolute atomic E-state index is 0.115. The molecule has 1 atom stereocenters. The number of hydrogen-bond acceptors (Lipinski definition) is 3. The number of halogens is 1. The number of para-hydroxylation sites is 1. The van der Waals surface area contributed by atoms with E-state index in [1.807, 2.05) is 37.3 Å². The summed E-state index contributed by atoms with van der Waals surface area (Å²) in [4.78, 5) is 4.28. The summed E-state index contributed by atoms with van der Waals surface area (Å²) in [6, 6.07) is 11.3. The Balaban J connectivity index is 2.02. The third-order valence-corrected chi connectivity index (χ3v) is 3.11. The molecule has 0 saturated heterocycles. The quantitative estimate of drug-likeness (QED) is 0.889. The molecule has 2 rings (SSSR count). The van der Waals surface area contributed by atoms with Crippen LogP contribution in [-0.2, 0) is 6.54 Å². The maximum Gasteiger partial charge on any atom is 0.138 e. The zero-order chi connectivity index (χ0) is 13.0. The molecule has 0 aliphatic carbocycles. The Kier molecular flexibility index (Phi) is 4.18. The number of benzene rings is 1. The van der Waals surface area contributed by atoms with Crippen LogP contribution in [0.4, 0.5) is 0 Å². The van der Waals surface area contributed by atoms with E-state index in [0.29, 0.717) is 11.6 Å². The fourth-order valence-electron chi connectivity index (χ4n) is 1.70. The number of rotatable bonds is 4. The molecule has 0 aliphatic heterocycles. The van der Waals surface area contributed by atoms with Gasteiger partial charge in [0.05, 0.1) is 10.7 Å². The molecule has 3 nitrogen and oxygen atoms in total. The van der Waals surface area contributed by atoms with Gasteiger partial charge < -0.3 is 10.4 Å². The Labute approximate surface area is 111 Å². The van der Waals surface area contributed by atoms with Crippen LogP contribution in [0.1, 0.15) is 24.2 Å². The third-order valence-electron chi connectivity index (χ3n) is 2.80. The number of aromatic nitrogens is 1. The molecule has 0 fully saturated rings. The molecule has 1 heterocycles. The van der Waals surface area contributed by atoms with Crippen molar-refractivity contribution in [3.8, 4) is 5.75 Å². The highest BCUT2D eigenvalue weighted by Crippen LogP contribution is 2.27. The molecular formula is C14H15ClN2O. The lowest BCUT2D eigenvalue weighted by molar-refractivity contribution is 0.460. The standard InChI is InChI=1S/C14H15ClN2O/c1-10(13-7-2-3-8-16-13)17-9-11-5-4-6-12(15)14(11)18/h2-8,10,17-18H,9H2,1H3. The molecule has 18 heavy (non-hydrogen) atoms. The fraction of sp³-hybridized carbons (Fsp3) is 0.214. The van der Waals surface area contributed by atoms with Gasteiger partial charge in [-0.2, -0.15) is 0 Å². The van der Waals surface area contributed by atoms with E-state index >= 15 is 0 Å². The van der Waals surface area contributed by atoms with Gasteiger partial charge in [0, 0.05) is 24.3 Å². The summed E-state index contributed by atoms with van der Waals surface area (Å²) >= 11 is 5.86. The molecule has 1 aromatic heterocycles. The minimum Gasteiger partial charge on any atom is -0.506 e. The van der Waals surface area contributed by atoms with Crippen molar-refractivity contribution >= 4 is 11.6 Å². The Morgan fingerprint density at radius 1 is 1.28 bits per heavy atom. The predicted molar refractivity (Wildman–Crippen MR) is 72.6 cm³/mol. The van der Waals surface area contributed by atoms with E-state index in [1.54, 1.807) is 12.3 Å². The number of pyridine rings is 1. The van der Waals surface area contributed by atoms with Gasteiger partial charge in [-0.1, -0.05) is 29.8 Å². The Morgan fingerprint density at radius 2 is 2.11 bits per heavy atom. The minimum atomic E-state index is 0.115. The molecule has 0 bridgehead atoms. The highest BCUT2D eigenvalue weighted by atomic mass is 35.5. The molecule has 1 aromatic carbocycles. The zero-order valence-corrected chi connectivity index (χ0v) is 10.9. The summed E-state index contributed by atoms with van der Waals surface area (Å²) in [6.07, 6.45) is 1.77. The summed E-state index contributed by atoms with van der Waals surface area (Å²) in [5, 5.41) is 13.5. The molecule has 2 N–H and O–H groups in total. The lowest BCUT2D eigenvalue weighted by atomic mass is 10.1. The molecule has 0 amide bonds. The van der Waals surface area contributed by atoms with E-state index in [1.165, 1.54) is 0 Å². The van der Waals surface area contributed by atoms with Gasteiger partial charge in [0.1, 0.15) is 5.75 Å². The molecular weight excluding hydrogens is 248 g/mol. The highest BCUT2D eigenvalue weighted by molar-refractivity contribution is 6.32. The number of aromatic hydroxyl groups is 1. The van der Waals surface area contributed by atoms with Crippen LogP contribution in [-0.4, -0.2) is 10.1 Å². The largest absolute Gasteiger partial charge is 0.506 e. The first-order valence-corrected chi connectivity index (χ1v) is 6.17. The van der Waals surface area contributed by atoms with Crippen LogP contribution >= 0.6 is 11.6 Å². The first kappa shape index (κ1) is 12.9. The third kappa shape index (κ3) is 3.00. The van der Waals surface area contributed by atoms with Crippen molar-refractivity contribution in [1.82, 2.24) is 10.3 Å². The van der Waals surface area contributed by atoms with E-state index in [2.05, 4.69) is 10.3 Å². The van der Waals surface area contributed by atoms with Crippen molar-refractivity contribution in [3.05, 3.63) is 58.9 Å². The molecule has 0 saturated carbocycles. The van der Waals surface area contributed by atoms with Crippen LogP contribution in [0.5, 0.6) is 5.75 Å². The lowest BCUT2D eigenvalue weighted by Crippen LogP contribution is -2.19. The van der Waals surface area contributed by atoms with E-state index in [0.717, 1.165) is 11.3 Å². The predicted octanol–water partition coefficient (Wildman–Crippen LogP) is 3.29. The molecule has 0 spiro atoms. The smallest absolute Gasteiger partial charge is 0.138 e. The maximum atomic E-state index is 9.79. The van der Waals surface area contributed by atoms with Gasteiger partial charge in [0.25, 0.3) is 0 Å². The lowest BCUT2D eigenvalue weighted by Gasteiger charge is -2.14. The van der Waals surface area contributed by atoms with E-state index in [9.17, 15) is 5.11 Å². The van der Waals surface area contributed by atoms with E-state index < -0.39 is 0 Å². The average molecular weight is 263 g/mol. The normalized spacial score (nSPS) is 12.3. The number of hydrogen-bond donors (Lipinski definition) is 2. The first-order chi connectivity index (χ1) is 8.68. The summed E-state index contributed by atoms with van der Waals surface area (Å²) in [5.41, 5.74) is 1.75. The molecule has 0 aliphatic rings. The van der Waals surface area contributed by atoms with Gasteiger partial charge in [-0.3, -0.25) is 4.98 Å². The van der Waals surface area contributed by atoms with Gasteiger partial charge in [-0.25, -0.2) is 0 Å². The fourth-order valence-corrected chi connectivity index (χ4v) is 1.90. The van der Waals surface area contributed by atoms with Crippen LogP contribution in [0.2, 0.25) is 5.02 Å². The Bertz CT molecular complexity index is 516. The molecule has 2 aromatic rings.